The first-order valence-corrected chi connectivity index (χ1v) is 5.80. The minimum atomic E-state index is -0.141. The average Bonchev–Trinajstić information content (AvgIpc) is 2.71. The maximum absolute atomic E-state index is 13.4. The fourth-order valence-electron chi connectivity index (χ4n) is 2.28. The maximum Gasteiger partial charge on any atom is 0.126 e. The van der Waals surface area contributed by atoms with Crippen LogP contribution < -0.4 is 0 Å². The van der Waals surface area contributed by atoms with Crippen LogP contribution in [0.5, 0.6) is 0 Å². The monoisotopic (exact) mass is 223 g/mol. The molecule has 0 aromatic heterocycles. The van der Waals surface area contributed by atoms with Crippen molar-refractivity contribution in [2.75, 3.05) is 13.2 Å². The molecule has 1 aliphatic heterocycles. The molecule has 1 aliphatic rings. The molecule has 1 fully saturated rings. The van der Waals surface area contributed by atoms with E-state index in [1.54, 1.807) is 13.0 Å². The number of likely N-dealkylation sites (tertiary alicyclic amines) is 1. The number of nitrogens with zero attached hydrogens (tertiary/aromatic N) is 1. The highest BCUT2D eigenvalue weighted by atomic mass is 19.1. The molecule has 1 heterocycles. The van der Waals surface area contributed by atoms with Crippen molar-refractivity contribution in [1.29, 1.82) is 0 Å². The van der Waals surface area contributed by atoms with E-state index in [2.05, 4.69) is 4.90 Å². The Morgan fingerprint density at radius 3 is 3.00 bits per heavy atom. The van der Waals surface area contributed by atoms with Crippen molar-refractivity contribution in [3.63, 3.8) is 0 Å². The molecular weight excluding hydrogens is 205 g/mol. The molecule has 0 amide bonds. The molecule has 3 heteroatoms. The van der Waals surface area contributed by atoms with Crippen molar-refractivity contribution in [2.24, 2.45) is 0 Å². The van der Waals surface area contributed by atoms with E-state index in [-0.39, 0.29) is 18.5 Å². The first-order chi connectivity index (χ1) is 7.70. The van der Waals surface area contributed by atoms with Gasteiger partial charge in [-0.15, -0.1) is 0 Å². The van der Waals surface area contributed by atoms with E-state index in [0.717, 1.165) is 31.5 Å². The van der Waals surface area contributed by atoms with Crippen LogP contribution in [0.2, 0.25) is 0 Å². The number of aryl methyl sites for hydroxylation is 1. The number of rotatable bonds is 3. The lowest BCUT2D eigenvalue weighted by molar-refractivity contribution is 0.153. The highest BCUT2D eigenvalue weighted by Gasteiger charge is 2.23. The number of aliphatic hydroxyl groups excluding tert-OH is 1. The minimum absolute atomic E-state index is 0.141. The Kier molecular flexibility index (Phi) is 3.56. The van der Waals surface area contributed by atoms with Crippen LogP contribution in [-0.2, 0) is 6.54 Å². The average molecular weight is 223 g/mol. The molecule has 1 aromatic carbocycles. The van der Waals surface area contributed by atoms with Crippen LogP contribution in [0.3, 0.4) is 0 Å². The summed E-state index contributed by atoms with van der Waals surface area (Å²) in [6, 6.07) is 5.63. The topological polar surface area (TPSA) is 23.5 Å². The van der Waals surface area contributed by atoms with E-state index < -0.39 is 0 Å². The number of aliphatic hydroxyl groups is 1. The minimum Gasteiger partial charge on any atom is -0.395 e. The lowest BCUT2D eigenvalue weighted by atomic mass is 10.1. The molecule has 2 nitrogen and oxygen atoms in total. The summed E-state index contributed by atoms with van der Waals surface area (Å²) in [6.07, 6.45) is 2.17. The lowest BCUT2D eigenvalue weighted by Crippen LogP contribution is -2.31. The molecule has 0 aliphatic carbocycles. The summed E-state index contributed by atoms with van der Waals surface area (Å²) in [5.74, 6) is -0.141. The van der Waals surface area contributed by atoms with Gasteiger partial charge >= 0.3 is 0 Å². The van der Waals surface area contributed by atoms with Crippen molar-refractivity contribution in [3.8, 4) is 0 Å². The van der Waals surface area contributed by atoms with E-state index >= 15 is 0 Å². The molecule has 1 atom stereocenters. The molecule has 0 bridgehead atoms. The Bertz CT molecular complexity index is 367. The zero-order valence-corrected chi connectivity index (χ0v) is 9.62. The summed E-state index contributed by atoms with van der Waals surface area (Å²) in [5.41, 5.74) is 1.67. The van der Waals surface area contributed by atoms with Gasteiger partial charge in [-0.3, -0.25) is 4.90 Å². The van der Waals surface area contributed by atoms with Crippen molar-refractivity contribution in [1.82, 2.24) is 4.90 Å². The van der Waals surface area contributed by atoms with Crippen LogP contribution in [0.15, 0.2) is 18.2 Å². The van der Waals surface area contributed by atoms with Gasteiger partial charge in [0.05, 0.1) is 6.61 Å². The smallest absolute Gasteiger partial charge is 0.126 e. The summed E-state index contributed by atoms with van der Waals surface area (Å²) < 4.78 is 13.4. The second-order valence-electron chi connectivity index (χ2n) is 4.53. The van der Waals surface area contributed by atoms with E-state index in [4.69, 9.17) is 0 Å². The highest BCUT2D eigenvalue weighted by Crippen LogP contribution is 2.20. The molecule has 0 spiro atoms. The molecule has 0 saturated carbocycles. The standard InChI is InChI=1S/C13H18FNO/c1-10-4-5-11(7-13(10)14)8-15-6-2-3-12(15)9-16/h4-5,7,12,16H,2-3,6,8-9H2,1H3/t12-/m1/s1. The molecule has 88 valence electrons. The van der Waals surface area contributed by atoms with Crippen LogP contribution in [0.25, 0.3) is 0 Å². The van der Waals surface area contributed by atoms with Crippen molar-refractivity contribution in [2.45, 2.75) is 32.4 Å². The van der Waals surface area contributed by atoms with Gasteiger partial charge in [-0.05, 0) is 43.5 Å². The second-order valence-corrected chi connectivity index (χ2v) is 4.53. The SMILES string of the molecule is Cc1ccc(CN2CCC[C@@H]2CO)cc1F. The Morgan fingerprint density at radius 1 is 1.50 bits per heavy atom. The van der Waals surface area contributed by atoms with Crippen LogP contribution in [0.1, 0.15) is 24.0 Å². The summed E-state index contributed by atoms with van der Waals surface area (Å²) in [5, 5.41) is 9.20. The lowest BCUT2D eigenvalue weighted by Gasteiger charge is -2.22. The molecule has 0 radical (unpaired) electrons. The number of halogens is 1. The third-order valence-electron chi connectivity index (χ3n) is 3.33. The first-order valence-electron chi connectivity index (χ1n) is 5.80. The van der Waals surface area contributed by atoms with Gasteiger partial charge in [0.25, 0.3) is 0 Å². The predicted octanol–water partition coefficient (Wildman–Crippen LogP) is 2.09. The summed E-state index contributed by atoms with van der Waals surface area (Å²) in [4.78, 5) is 2.23. The fourth-order valence-corrected chi connectivity index (χ4v) is 2.28. The van der Waals surface area contributed by atoms with Gasteiger partial charge < -0.3 is 5.11 Å². The highest BCUT2D eigenvalue weighted by molar-refractivity contribution is 5.23. The molecule has 1 aromatic rings. The quantitative estimate of drug-likeness (QED) is 0.848. The summed E-state index contributed by atoms with van der Waals surface area (Å²) in [6.45, 7) is 3.71. The fraction of sp³-hybridized carbons (Fsp3) is 0.538. The van der Waals surface area contributed by atoms with Gasteiger partial charge in [-0.25, -0.2) is 4.39 Å². The van der Waals surface area contributed by atoms with Crippen LogP contribution >= 0.6 is 0 Å². The van der Waals surface area contributed by atoms with E-state index in [0.29, 0.717) is 5.56 Å². The molecule has 0 unspecified atom stereocenters. The Labute approximate surface area is 95.7 Å². The Hall–Kier alpha value is -0.930. The Morgan fingerprint density at radius 2 is 2.31 bits per heavy atom. The van der Waals surface area contributed by atoms with E-state index in [1.807, 2.05) is 12.1 Å². The second kappa shape index (κ2) is 4.93. The normalized spacial score (nSPS) is 21.6. The van der Waals surface area contributed by atoms with Gasteiger partial charge in [0.1, 0.15) is 5.82 Å². The number of hydrogen-bond donors (Lipinski definition) is 1. The molecule has 16 heavy (non-hydrogen) atoms. The first kappa shape index (κ1) is 11.6. The van der Waals surface area contributed by atoms with Crippen LogP contribution in [-0.4, -0.2) is 29.2 Å². The summed E-state index contributed by atoms with van der Waals surface area (Å²) >= 11 is 0. The molecule has 2 rings (SSSR count). The number of benzene rings is 1. The Balaban J connectivity index is 2.05. The van der Waals surface area contributed by atoms with Gasteiger partial charge in [0.2, 0.25) is 0 Å². The molecule has 1 N–H and O–H groups in total. The van der Waals surface area contributed by atoms with Crippen LogP contribution in [0, 0.1) is 12.7 Å². The third-order valence-corrected chi connectivity index (χ3v) is 3.33. The third kappa shape index (κ3) is 2.42. The number of hydrogen-bond acceptors (Lipinski definition) is 2. The molecular formula is C13H18FNO. The predicted molar refractivity (Wildman–Crippen MR) is 61.7 cm³/mol. The van der Waals surface area contributed by atoms with Crippen molar-refractivity contribution in [3.05, 3.63) is 35.1 Å². The summed E-state index contributed by atoms with van der Waals surface area (Å²) in [7, 11) is 0. The van der Waals surface area contributed by atoms with Crippen molar-refractivity contribution >= 4 is 0 Å². The van der Waals surface area contributed by atoms with E-state index in [9.17, 15) is 9.50 Å². The van der Waals surface area contributed by atoms with Crippen LogP contribution in [0.4, 0.5) is 4.39 Å². The zero-order valence-electron chi connectivity index (χ0n) is 9.62. The van der Waals surface area contributed by atoms with Gasteiger partial charge in [-0.2, -0.15) is 0 Å². The maximum atomic E-state index is 13.4. The van der Waals surface area contributed by atoms with Crippen molar-refractivity contribution < 1.29 is 9.50 Å². The van der Waals surface area contributed by atoms with Gasteiger partial charge in [-0.1, -0.05) is 12.1 Å². The van der Waals surface area contributed by atoms with Gasteiger partial charge in [0, 0.05) is 12.6 Å². The largest absolute Gasteiger partial charge is 0.395 e. The zero-order chi connectivity index (χ0) is 11.5. The molecule has 1 saturated heterocycles. The van der Waals surface area contributed by atoms with E-state index in [1.165, 1.54) is 0 Å². The van der Waals surface area contributed by atoms with Gasteiger partial charge in [0.15, 0.2) is 0 Å².